The van der Waals surface area contributed by atoms with Crippen molar-refractivity contribution in [1.29, 1.82) is 0 Å². The molecule has 17 heavy (non-hydrogen) atoms. The van der Waals surface area contributed by atoms with Crippen LogP contribution < -0.4 is 4.90 Å². The second kappa shape index (κ2) is 4.67. The van der Waals surface area contributed by atoms with Gasteiger partial charge in [0.15, 0.2) is 0 Å². The molecule has 0 aliphatic carbocycles. The molecule has 0 atom stereocenters. The van der Waals surface area contributed by atoms with Crippen LogP contribution in [0.2, 0.25) is 0 Å². The minimum Gasteiger partial charge on any atom is -0.269 e. The van der Waals surface area contributed by atoms with E-state index >= 15 is 0 Å². The fourth-order valence-electron chi connectivity index (χ4n) is 1.48. The summed E-state index contributed by atoms with van der Waals surface area (Å²) in [6.45, 7) is 0. The van der Waals surface area contributed by atoms with Gasteiger partial charge in [-0.1, -0.05) is 23.9 Å². The van der Waals surface area contributed by atoms with E-state index in [0.29, 0.717) is 11.8 Å². The van der Waals surface area contributed by atoms with E-state index in [9.17, 15) is 18.4 Å². The minimum atomic E-state index is -2.60. The smallest absolute Gasteiger partial charge is 0.269 e. The normalized spacial score (nSPS) is 15.1. The van der Waals surface area contributed by atoms with Gasteiger partial charge in [-0.25, -0.2) is 4.90 Å². The molecule has 0 spiro atoms. The first-order valence-corrected chi connectivity index (χ1v) is 5.57. The van der Waals surface area contributed by atoms with Crippen molar-refractivity contribution in [3.63, 3.8) is 0 Å². The summed E-state index contributed by atoms with van der Waals surface area (Å²) in [4.78, 5) is 24.0. The lowest BCUT2D eigenvalue weighted by atomic mass is 10.3. The highest BCUT2D eigenvalue weighted by Gasteiger charge is 2.27. The summed E-state index contributed by atoms with van der Waals surface area (Å²) in [5, 5.41) is 0. The van der Waals surface area contributed by atoms with Gasteiger partial charge in [-0.05, 0) is 12.1 Å². The number of amides is 2. The van der Waals surface area contributed by atoms with E-state index in [0.717, 1.165) is 17.1 Å². The maximum atomic E-state index is 12.3. The van der Waals surface area contributed by atoms with Gasteiger partial charge in [0.05, 0.1) is 5.69 Å². The molecule has 1 aliphatic heterocycles. The molecule has 1 aromatic carbocycles. The second-order valence-electron chi connectivity index (χ2n) is 3.19. The zero-order valence-electron chi connectivity index (χ0n) is 8.47. The number of hydrogen-bond acceptors (Lipinski definition) is 3. The molecule has 0 saturated heterocycles. The number of anilines is 1. The number of nitrogens with zero attached hydrogens (tertiary/aromatic N) is 1. The summed E-state index contributed by atoms with van der Waals surface area (Å²) in [5.74, 6) is -3.63. The number of alkyl halides is 2. The van der Waals surface area contributed by atoms with Gasteiger partial charge in [0, 0.05) is 17.0 Å². The second-order valence-corrected chi connectivity index (χ2v) is 4.22. The van der Waals surface area contributed by atoms with E-state index in [1.807, 2.05) is 0 Å². The topological polar surface area (TPSA) is 37.4 Å². The van der Waals surface area contributed by atoms with E-state index in [1.165, 1.54) is 12.1 Å². The van der Waals surface area contributed by atoms with Crippen LogP contribution in [0.4, 0.5) is 14.5 Å². The van der Waals surface area contributed by atoms with Crippen LogP contribution in [-0.2, 0) is 9.59 Å². The molecule has 6 heteroatoms. The fraction of sp³-hybridized carbons (Fsp3) is 0.0909. The van der Waals surface area contributed by atoms with Gasteiger partial charge >= 0.3 is 0 Å². The summed E-state index contributed by atoms with van der Waals surface area (Å²) in [6.07, 6.45) is 2.23. The Labute approximate surface area is 100 Å². The number of halogens is 2. The van der Waals surface area contributed by atoms with Crippen LogP contribution in [0.1, 0.15) is 0 Å². The number of carbonyl (C=O) groups is 2. The molecule has 3 nitrogen and oxygen atoms in total. The van der Waals surface area contributed by atoms with Crippen molar-refractivity contribution in [2.45, 2.75) is 10.7 Å². The van der Waals surface area contributed by atoms with Gasteiger partial charge in [-0.2, -0.15) is 8.78 Å². The lowest BCUT2D eigenvalue weighted by Crippen LogP contribution is -2.30. The summed E-state index contributed by atoms with van der Waals surface area (Å²) in [7, 11) is 0. The van der Waals surface area contributed by atoms with E-state index in [1.54, 1.807) is 12.1 Å². The van der Waals surface area contributed by atoms with Crippen molar-refractivity contribution in [1.82, 2.24) is 0 Å². The largest absolute Gasteiger partial charge is 0.288 e. The quantitative estimate of drug-likeness (QED) is 0.615. The van der Waals surface area contributed by atoms with Crippen molar-refractivity contribution in [2.24, 2.45) is 0 Å². The van der Waals surface area contributed by atoms with E-state index in [4.69, 9.17) is 0 Å². The lowest BCUT2D eigenvalue weighted by Gasteiger charge is -2.17. The third kappa shape index (κ3) is 2.36. The lowest BCUT2D eigenvalue weighted by molar-refractivity contribution is -0.120. The number of rotatable bonds is 3. The van der Waals surface area contributed by atoms with Gasteiger partial charge in [-0.3, -0.25) is 9.59 Å². The van der Waals surface area contributed by atoms with Crippen molar-refractivity contribution in [2.75, 3.05) is 4.90 Å². The number of para-hydroxylation sites is 1. The van der Waals surface area contributed by atoms with Crippen LogP contribution in [0.3, 0.4) is 0 Å². The molecule has 0 fully saturated rings. The molecular weight excluding hydrogens is 248 g/mol. The molecule has 0 saturated carbocycles. The minimum absolute atomic E-state index is 0.192. The number of hydrogen-bond donors (Lipinski definition) is 0. The Morgan fingerprint density at radius 1 is 1.06 bits per heavy atom. The molecule has 2 amide bonds. The Kier molecular flexibility index (Phi) is 3.23. The van der Waals surface area contributed by atoms with Crippen LogP contribution >= 0.6 is 11.8 Å². The molecule has 1 aromatic rings. The third-order valence-corrected chi connectivity index (χ3v) is 2.91. The Balaban J connectivity index is 2.38. The van der Waals surface area contributed by atoms with Crippen LogP contribution in [0.5, 0.6) is 0 Å². The zero-order valence-corrected chi connectivity index (χ0v) is 9.29. The highest BCUT2D eigenvalue weighted by atomic mass is 32.2. The molecule has 0 N–H and O–H groups in total. The molecule has 0 bridgehead atoms. The van der Waals surface area contributed by atoms with Crippen molar-refractivity contribution in [3.05, 3.63) is 36.4 Å². The van der Waals surface area contributed by atoms with Crippen molar-refractivity contribution in [3.8, 4) is 0 Å². The Bertz CT molecular complexity index is 484. The number of imide groups is 1. The van der Waals surface area contributed by atoms with Crippen LogP contribution in [0.15, 0.2) is 41.3 Å². The summed E-state index contributed by atoms with van der Waals surface area (Å²) < 4.78 is 24.7. The predicted octanol–water partition coefficient (Wildman–Crippen LogP) is 2.43. The highest BCUT2D eigenvalue weighted by Crippen LogP contribution is 2.34. The Morgan fingerprint density at radius 2 is 1.65 bits per heavy atom. The molecular formula is C11H7F2NO2S. The first-order chi connectivity index (χ1) is 8.09. The Hall–Kier alpha value is -1.69. The molecule has 2 rings (SSSR count). The molecule has 88 valence electrons. The first-order valence-electron chi connectivity index (χ1n) is 4.69. The SMILES string of the molecule is O=C1C=CC(=O)N1c1ccccc1SC(F)F. The standard InChI is InChI=1S/C11H7F2NO2S/c12-11(13)17-8-4-2-1-3-7(8)14-9(15)5-6-10(14)16/h1-6,11H. The van der Waals surface area contributed by atoms with E-state index < -0.39 is 17.6 Å². The van der Waals surface area contributed by atoms with Crippen molar-refractivity contribution >= 4 is 29.3 Å². The van der Waals surface area contributed by atoms with Crippen LogP contribution in [0, 0.1) is 0 Å². The van der Waals surface area contributed by atoms with Crippen LogP contribution in [-0.4, -0.2) is 17.6 Å². The molecule has 0 aromatic heterocycles. The summed E-state index contributed by atoms with van der Waals surface area (Å²) in [6, 6.07) is 6.08. The monoisotopic (exact) mass is 255 g/mol. The molecule has 1 heterocycles. The zero-order chi connectivity index (χ0) is 12.4. The predicted molar refractivity (Wildman–Crippen MR) is 59.9 cm³/mol. The fourth-order valence-corrected chi connectivity index (χ4v) is 2.10. The molecule has 1 aliphatic rings. The van der Waals surface area contributed by atoms with Crippen LogP contribution in [0.25, 0.3) is 0 Å². The maximum Gasteiger partial charge on any atom is 0.288 e. The number of carbonyl (C=O) groups excluding carboxylic acids is 2. The summed E-state index contributed by atoms with van der Waals surface area (Å²) in [5.41, 5.74) is 0.192. The van der Waals surface area contributed by atoms with Gasteiger partial charge in [0.2, 0.25) is 0 Å². The average molecular weight is 255 g/mol. The highest BCUT2D eigenvalue weighted by molar-refractivity contribution is 7.99. The molecule has 0 unspecified atom stereocenters. The third-order valence-electron chi connectivity index (χ3n) is 2.13. The van der Waals surface area contributed by atoms with Gasteiger partial charge in [-0.15, -0.1) is 0 Å². The van der Waals surface area contributed by atoms with Gasteiger partial charge in [0.25, 0.3) is 17.6 Å². The molecule has 0 radical (unpaired) electrons. The first kappa shape index (κ1) is 11.8. The van der Waals surface area contributed by atoms with Gasteiger partial charge in [0.1, 0.15) is 0 Å². The average Bonchev–Trinajstić information content (AvgIpc) is 2.59. The Morgan fingerprint density at radius 3 is 2.24 bits per heavy atom. The maximum absolute atomic E-state index is 12.3. The summed E-state index contributed by atoms with van der Waals surface area (Å²) >= 11 is 0.309. The number of benzene rings is 1. The van der Waals surface area contributed by atoms with Gasteiger partial charge < -0.3 is 0 Å². The number of thioether (sulfide) groups is 1. The van der Waals surface area contributed by atoms with Crippen molar-refractivity contribution < 1.29 is 18.4 Å². The van der Waals surface area contributed by atoms with E-state index in [2.05, 4.69) is 0 Å². The van der Waals surface area contributed by atoms with E-state index in [-0.39, 0.29) is 10.6 Å².